The summed E-state index contributed by atoms with van der Waals surface area (Å²) in [6.45, 7) is 4.49. The Morgan fingerprint density at radius 3 is 2.56 bits per heavy atom. The summed E-state index contributed by atoms with van der Waals surface area (Å²) in [6.07, 6.45) is 2.18. The van der Waals surface area contributed by atoms with Crippen molar-refractivity contribution in [1.29, 1.82) is 0 Å². The smallest absolute Gasteiger partial charge is 0.260 e. The minimum Gasteiger partial charge on any atom is -0.482 e. The summed E-state index contributed by atoms with van der Waals surface area (Å²) in [4.78, 5) is 28.3. The van der Waals surface area contributed by atoms with E-state index >= 15 is 0 Å². The number of hydrogen-bond acceptors (Lipinski definition) is 4. The van der Waals surface area contributed by atoms with Crippen LogP contribution >= 0.6 is 11.6 Å². The van der Waals surface area contributed by atoms with Gasteiger partial charge in [0, 0.05) is 32.2 Å². The van der Waals surface area contributed by atoms with Gasteiger partial charge in [-0.2, -0.15) is 0 Å². The van der Waals surface area contributed by atoms with E-state index in [1.54, 1.807) is 17.0 Å². The molecule has 1 aliphatic carbocycles. The second-order valence-electron chi connectivity index (χ2n) is 6.59. The van der Waals surface area contributed by atoms with E-state index in [2.05, 4.69) is 10.2 Å². The average Bonchev–Trinajstić information content (AvgIpc) is 3.44. The fourth-order valence-electron chi connectivity index (χ4n) is 2.87. The lowest BCUT2D eigenvalue weighted by atomic mass is 10.2. The zero-order valence-corrected chi connectivity index (χ0v) is 15.2. The van der Waals surface area contributed by atoms with E-state index in [0.717, 1.165) is 12.8 Å². The Bertz CT molecular complexity index is 628. The summed E-state index contributed by atoms with van der Waals surface area (Å²) in [5, 5.41) is 3.53. The molecule has 1 N–H and O–H groups in total. The molecule has 1 aromatic carbocycles. The van der Waals surface area contributed by atoms with Crippen molar-refractivity contribution < 1.29 is 14.3 Å². The lowest BCUT2D eigenvalue weighted by Crippen LogP contribution is -2.55. The molecule has 2 aliphatic rings. The van der Waals surface area contributed by atoms with Crippen LogP contribution < -0.4 is 10.1 Å². The van der Waals surface area contributed by atoms with E-state index in [4.69, 9.17) is 16.3 Å². The Kier molecular flexibility index (Phi) is 5.81. The molecule has 2 fully saturated rings. The van der Waals surface area contributed by atoms with Gasteiger partial charge in [-0.05, 0) is 31.9 Å². The van der Waals surface area contributed by atoms with E-state index in [1.165, 1.54) is 0 Å². The highest BCUT2D eigenvalue weighted by Gasteiger charge is 2.30. The number of amides is 2. The minimum absolute atomic E-state index is 0.0263. The second-order valence-corrected chi connectivity index (χ2v) is 7.00. The van der Waals surface area contributed by atoms with Crippen LogP contribution in [0.3, 0.4) is 0 Å². The number of carbonyl (C=O) groups is 2. The topological polar surface area (TPSA) is 61.9 Å². The van der Waals surface area contributed by atoms with Crippen molar-refractivity contribution in [2.45, 2.75) is 31.8 Å². The molecule has 25 heavy (non-hydrogen) atoms. The van der Waals surface area contributed by atoms with Crippen molar-refractivity contribution in [1.82, 2.24) is 15.1 Å². The van der Waals surface area contributed by atoms with E-state index in [-0.39, 0.29) is 24.5 Å². The van der Waals surface area contributed by atoms with Crippen LogP contribution in [0.25, 0.3) is 0 Å². The van der Waals surface area contributed by atoms with Crippen molar-refractivity contribution in [2.75, 3.05) is 32.8 Å². The number of carbonyl (C=O) groups excluding carboxylic acids is 2. The van der Waals surface area contributed by atoms with E-state index in [9.17, 15) is 9.59 Å². The number of para-hydroxylation sites is 1. The fraction of sp³-hybridized carbons (Fsp3) is 0.556. The largest absolute Gasteiger partial charge is 0.482 e. The molecule has 0 bridgehead atoms. The van der Waals surface area contributed by atoms with Crippen LogP contribution in [0.15, 0.2) is 24.3 Å². The Balaban J connectivity index is 1.42. The molecule has 0 aromatic heterocycles. The molecule has 0 radical (unpaired) electrons. The zero-order valence-electron chi connectivity index (χ0n) is 14.4. The Morgan fingerprint density at radius 2 is 1.92 bits per heavy atom. The predicted molar refractivity (Wildman–Crippen MR) is 95.7 cm³/mol. The standard InChI is InChI=1S/C18H24ClN3O3/c1-13(18(24)20-14-6-7-14)21-8-10-22(11-9-21)17(23)12-25-16-5-3-2-4-15(16)19/h2-5,13-14H,6-12H2,1H3,(H,20,24). The first-order chi connectivity index (χ1) is 12.0. The van der Waals surface area contributed by atoms with Gasteiger partial charge in [0.05, 0.1) is 11.1 Å². The van der Waals surface area contributed by atoms with Crippen LogP contribution in [-0.4, -0.2) is 66.5 Å². The lowest BCUT2D eigenvalue weighted by molar-refractivity contribution is -0.136. The Morgan fingerprint density at radius 1 is 1.24 bits per heavy atom. The monoisotopic (exact) mass is 365 g/mol. The van der Waals surface area contributed by atoms with Gasteiger partial charge in [-0.3, -0.25) is 14.5 Å². The number of piperazine rings is 1. The predicted octanol–water partition coefficient (Wildman–Crippen LogP) is 1.53. The molecule has 3 rings (SSSR count). The first-order valence-electron chi connectivity index (χ1n) is 8.74. The third kappa shape index (κ3) is 4.86. The van der Waals surface area contributed by atoms with Gasteiger partial charge in [-0.1, -0.05) is 23.7 Å². The Labute approximate surface area is 153 Å². The van der Waals surface area contributed by atoms with Crippen molar-refractivity contribution in [3.8, 4) is 5.75 Å². The molecule has 1 atom stereocenters. The minimum atomic E-state index is -0.155. The van der Waals surface area contributed by atoms with Gasteiger partial charge in [-0.15, -0.1) is 0 Å². The molecule has 2 amide bonds. The van der Waals surface area contributed by atoms with Gasteiger partial charge >= 0.3 is 0 Å². The molecule has 1 aliphatic heterocycles. The molecule has 0 spiro atoms. The third-order valence-electron chi connectivity index (χ3n) is 4.71. The van der Waals surface area contributed by atoms with Crippen LogP contribution in [0, 0.1) is 0 Å². The summed E-state index contributed by atoms with van der Waals surface area (Å²) in [7, 11) is 0. The maximum atomic E-state index is 12.3. The molecular formula is C18H24ClN3O3. The van der Waals surface area contributed by atoms with Crippen LogP contribution in [0.4, 0.5) is 0 Å². The molecule has 7 heteroatoms. The first-order valence-corrected chi connectivity index (χ1v) is 9.12. The summed E-state index contributed by atoms with van der Waals surface area (Å²) >= 11 is 6.02. The molecule has 1 unspecified atom stereocenters. The van der Waals surface area contributed by atoms with Crippen LogP contribution in [0.1, 0.15) is 19.8 Å². The number of rotatable bonds is 6. The van der Waals surface area contributed by atoms with E-state index < -0.39 is 0 Å². The number of hydrogen-bond donors (Lipinski definition) is 1. The number of nitrogens with zero attached hydrogens (tertiary/aromatic N) is 2. The van der Waals surface area contributed by atoms with Gasteiger partial charge < -0.3 is 15.0 Å². The SMILES string of the molecule is CC(C(=O)NC1CC1)N1CCN(C(=O)COc2ccccc2Cl)CC1. The molecule has 1 heterocycles. The average molecular weight is 366 g/mol. The fourth-order valence-corrected chi connectivity index (χ4v) is 3.06. The highest BCUT2D eigenvalue weighted by Crippen LogP contribution is 2.23. The van der Waals surface area contributed by atoms with Crippen LogP contribution in [0.2, 0.25) is 5.02 Å². The van der Waals surface area contributed by atoms with Crippen molar-refractivity contribution in [2.24, 2.45) is 0 Å². The zero-order chi connectivity index (χ0) is 17.8. The van der Waals surface area contributed by atoms with Gasteiger partial charge in [0.2, 0.25) is 5.91 Å². The molecule has 6 nitrogen and oxygen atoms in total. The molecular weight excluding hydrogens is 342 g/mol. The van der Waals surface area contributed by atoms with Crippen LogP contribution in [-0.2, 0) is 9.59 Å². The molecule has 1 saturated carbocycles. The maximum Gasteiger partial charge on any atom is 0.260 e. The molecule has 136 valence electrons. The number of nitrogens with one attached hydrogen (secondary N) is 1. The first kappa shape index (κ1) is 18.0. The van der Waals surface area contributed by atoms with Gasteiger partial charge in [-0.25, -0.2) is 0 Å². The second kappa shape index (κ2) is 8.06. The van der Waals surface area contributed by atoms with Gasteiger partial charge in [0.15, 0.2) is 6.61 Å². The van der Waals surface area contributed by atoms with Crippen molar-refractivity contribution in [3.05, 3.63) is 29.3 Å². The van der Waals surface area contributed by atoms with Gasteiger partial charge in [0.1, 0.15) is 5.75 Å². The Hall–Kier alpha value is -1.79. The van der Waals surface area contributed by atoms with Gasteiger partial charge in [0.25, 0.3) is 5.91 Å². The summed E-state index contributed by atoms with van der Waals surface area (Å²) in [5.74, 6) is 0.542. The van der Waals surface area contributed by atoms with Crippen molar-refractivity contribution >= 4 is 23.4 Å². The normalized spacial score (nSPS) is 19.4. The molecule has 1 saturated heterocycles. The summed E-state index contributed by atoms with van der Waals surface area (Å²) in [5.41, 5.74) is 0. The highest BCUT2D eigenvalue weighted by molar-refractivity contribution is 6.32. The van der Waals surface area contributed by atoms with E-state index in [1.807, 2.05) is 19.1 Å². The quantitative estimate of drug-likeness (QED) is 0.830. The summed E-state index contributed by atoms with van der Waals surface area (Å²) < 4.78 is 5.51. The third-order valence-corrected chi connectivity index (χ3v) is 5.02. The number of benzene rings is 1. The summed E-state index contributed by atoms with van der Waals surface area (Å²) in [6, 6.07) is 7.33. The number of halogens is 1. The van der Waals surface area contributed by atoms with Crippen LogP contribution in [0.5, 0.6) is 5.75 Å². The highest BCUT2D eigenvalue weighted by atomic mass is 35.5. The lowest BCUT2D eigenvalue weighted by Gasteiger charge is -2.37. The number of ether oxygens (including phenoxy) is 1. The van der Waals surface area contributed by atoms with Crippen molar-refractivity contribution in [3.63, 3.8) is 0 Å². The molecule has 1 aromatic rings. The van der Waals surface area contributed by atoms with E-state index in [0.29, 0.717) is 43.0 Å². The maximum absolute atomic E-state index is 12.3.